The van der Waals surface area contributed by atoms with Crippen LogP contribution < -0.4 is 43.0 Å². The molecule has 0 aromatic heterocycles. The van der Waals surface area contributed by atoms with E-state index in [9.17, 15) is 67.7 Å². The van der Waals surface area contributed by atoms with Gasteiger partial charge in [0, 0.05) is 62.1 Å². The maximum Gasteiger partial charge on any atom is 0.329 e. The zero-order valence-electron chi connectivity index (χ0n) is 54.6. The Morgan fingerprint density at radius 2 is 1.27 bits per heavy atom. The molecule has 1 aromatic rings. The van der Waals surface area contributed by atoms with Crippen molar-refractivity contribution in [2.45, 2.75) is 215 Å². The van der Waals surface area contributed by atoms with E-state index in [0.29, 0.717) is 51.5 Å². The van der Waals surface area contributed by atoms with Gasteiger partial charge in [-0.1, -0.05) is 132 Å². The average Bonchev–Trinajstić information content (AvgIpc) is 1.64. The lowest BCUT2D eigenvalue weighted by molar-refractivity contribution is -0.157. The number of benzene rings is 1. The third-order valence-electron chi connectivity index (χ3n) is 18.4. The van der Waals surface area contributed by atoms with E-state index in [0.717, 1.165) is 11.3 Å². The highest BCUT2D eigenvalue weighted by Crippen LogP contribution is 2.47. The first kappa shape index (κ1) is 76.4. The normalized spacial score (nSPS) is 23.3. The largest absolute Gasteiger partial charge is 0.458 e. The van der Waals surface area contributed by atoms with Crippen molar-refractivity contribution in [3.63, 3.8) is 0 Å². The summed E-state index contributed by atoms with van der Waals surface area (Å²) in [5, 5.41) is 40.9. The molecule has 498 valence electrons. The zero-order valence-corrected chi connectivity index (χ0v) is 54.6. The number of hydrogen-bond donors (Lipinski definition) is 10. The topological polar surface area (TPSA) is 365 Å². The Labute approximate surface area is 525 Å². The van der Waals surface area contributed by atoms with Crippen molar-refractivity contribution in [2.75, 3.05) is 19.8 Å². The molecular weight excluding hydrogens is 1140 g/mol. The van der Waals surface area contributed by atoms with Crippen molar-refractivity contribution >= 4 is 70.5 Å². The molecular formula is C66H104N8O15. The molecule has 23 heteroatoms. The second-order valence-corrected chi connectivity index (χ2v) is 25.3. The predicted octanol–water partition coefficient (Wildman–Crippen LogP) is 3.77. The molecule has 7 amide bonds. The van der Waals surface area contributed by atoms with Crippen LogP contribution in [0.3, 0.4) is 0 Å². The van der Waals surface area contributed by atoms with Gasteiger partial charge in [0.1, 0.15) is 23.7 Å². The number of amides is 7. The van der Waals surface area contributed by atoms with Gasteiger partial charge in [-0.25, -0.2) is 4.79 Å². The zero-order chi connectivity index (χ0) is 67.0. The number of primary amides is 1. The number of ether oxygens (including phenoxy) is 1. The van der Waals surface area contributed by atoms with Gasteiger partial charge in [0.2, 0.25) is 41.4 Å². The molecule has 0 radical (unpaired) electrons. The Kier molecular flexibility index (Phi) is 31.5. The van der Waals surface area contributed by atoms with Crippen LogP contribution in [0.25, 0.3) is 0 Å². The maximum absolute atomic E-state index is 14.5. The molecule has 1 aliphatic heterocycles. The minimum atomic E-state index is -1.59. The number of allylic oxidation sites excluding steroid dienone is 1. The van der Waals surface area contributed by atoms with Gasteiger partial charge in [-0.2, -0.15) is 0 Å². The Morgan fingerprint density at radius 1 is 0.719 bits per heavy atom. The summed E-state index contributed by atoms with van der Waals surface area (Å²) in [6.07, 6.45) is -0.822. The van der Waals surface area contributed by atoms with Gasteiger partial charge in [-0.15, -0.1) is 0 Å². The number of aliphatic hydroxyl groups excluding tert-OH is 2. The van der Waals surface area contributed by atoms with E-state index in [1.54, 1.807) is 48.5 Å². The molecule has 1 saturated carbocycles. The quantitative estimate of drug-likeness (QED) is 0.0424. The number of nitrogens with two attached hydrogens (primary N) is 1. The van der Waals surface area contributed by atoms with Gasteiger partial charge in [0.15, 0.2) is 23.1 Å². The summed E-state index contributed by atoms with van der Waals surface area (Å²) in [6.45, 7) is 23.2. The van der Waals surface area contributed by atoms with Crippen molar-refractivity contribution in [3.8, 4) is 0 Å². The summed E-state index contributed by atoms with van der Waals surface area (Å²) >= 11 is 0. The standard InChI is InChI=1S/C66H104N8O15/c1-14-37(8)48(32-50(77)49(24-25-54(67)81)69-61(84)45(34-75)30-52(79)55(38(9)15-2)70-60(83)44(18-5)29-43-22-20-19-21-23-43)63(86)71-56(39(10)16-3)53(80)31-46(35-76)62(85)72-58-42(13)89-64(87)57(40(11)17-4)73-65(88)66(33-47(66)26-27-68-36(6)7)74-59(82)41(12)28-51(58)78/h19-23,37-42,44-49,55-58,68,75-76H,6,14-18,24-35H2,1-5,7-13H3,(H2,67,81)(H,69,84)(H,70,83)(H,71,86)(H,72,85)(H,73,88)(H,74,82)/t37-,38-,39-,40-,41+,42-,44+,45-,46-,47?,48+,49+,55-,56-,57-,58+,66?/m0/s1. The molecule has 17 atom stereocenters. The fourth-order valence-corrected chi connectivity index (χ4v) is 11.2. The van der Waals surface area contributed by atoms with Crippen LogP contribution in [0.4, 0.5) is 0 Å². The number of rotatable bonds is 37. The molecule has 3 rings (SSSR count). The first-order valence-electron chi connectivity index (χ1n) is 32.1. The van der Waals surface area contributed by atoms with Crippen LogP contribution in [0.1, 0.15) is 172 Å². The summed E-state index contributed by atoms with van der Waals surface area (Å²) in [5.41, 5.74) is 5.81. The Bertz CT molecular complexity index is 2640. The first-order chi connectivity index (χ1) is 42.0. The van der Waals surface area contributed by atoms with E-state index in [-0.39, 0.29) is 37.0 Å². The number of carbonyl (C=O) groups excluding carboxylic acids is 12. The highest BCUT2D eigenvalue weighted by molar-refractivity contribution is 6.01. The summed E-state index contributed by atoms with van der Waals surface area (Å²) in [5.74, 6) is -16.1. The second-order valence-electron chi connectivity index (χ2n) is 25.3. The summed E-state index contributed by atoms with van der Waals surface area (Å²) in [6, 6.07) is 2.94. The number of nitrogens with one attached hydrogen (secondary N) is 7. The SMILES string of the molecule is C=C(C)NCCC1CC12NC(=O)[C@H](C)CC(=O)[C@H](NC(=O)[C@H](CO)CC(=O)[C@@H](NC(=O)[C@H](CC(=O)[C@@H](CCC(N)=O)NC(=O)[C@H](CO)CC(=O)[C@@H](NC(=O)[C@H](CC)Cc1ccccc1)[C@@H](C)CC)[C@@H](C)CC)[C@@H](C)CC)[C@H](C)OC(=O)[C@H]([C@@H](C)CC)NC2=O. The van der Waals surface area contributed by atoms with Crippen molar-refractivity contribution < 1.29 is 72.5 Å². The van der Waals surface area contributed by atoms with Crippen LogP contribution in [-0.2, 0) is 68.7 Å². The number of ketones is 4. The lowest BCUT2D eigenvalue weighted by Crippen LogP contribution is -2.57. The fourth-order valence-electron chi connectivity index (χ4n) is 11.2. The van der Waals surface area contributed by atoms with Crippen molar-refractivity contribution in [1.82, 2.24) is 37.2 Å². The lowest BCUT2D eigenvalue weighted by atomic mass is 9.83. The minimum Gasteiger partial charge on any atom is -0.458 e. The third kappa shape index (κ3) is 22.5. The molecule has 11 N–H and O–H groups in total. The Hall–Kier alpha value is -6.88. The molecule has 1 saturated heterocycles. The highest BCUT2D eigenvalue weighted by Gasteiger charge is 2.61. The molecule has 2 unspecified atom stereocenters. The highest BCUT2D eigenvalue weighted by atomic mass is 16.5. The van der Waals surface area contributed by atoms with Crippen LogP contribution in [0.2, 0.25) is 0 Å². The van der Waals surface area contributed by atoms with E-state index in [1.807, 2.05) is 51.1 Å². The molecule has 1 spiro atoms. The first-order valence-corrected chi connectivity index (χ1v) is 32.1. The molecule has 1 aromatic carbocycles. The van der Waals surface area contributed by atoms with Gasteiger partial charge in [0.25, 0.3) is 0 Å². The number of Topliss-reactive ketones (excluding diaryl/α,β-unsaturated/α-hetero) is 4. The van der Waals surface area contributed by atoms with Crippen LogP contribution in [-0.4, -0.2) is 142 Å². The molecule has 2 fully saturated rings. The van der Waals surface area contributed by atoms with Crippen LogP contribution in [0.5, 0.6) is 0 Å². The number of aliphatic hydroxyl groups is 2. The number of esters is 1. The van der Waals surface area contributed by atoms with Gasteiger partial charge < -0.3 is 57.9 Å². The molecule has 23 nitrogen and oxygen atoms in total. The number of carbonyl (C=O) groups is 12. The monoisotopic (exact) mass is 1250 g/mol. The molecule has 89 heavy (non-hydrogen) atoms. The van der Waals surface area contributed by atoms with Crippen molar-refractivity contribution in [2.24, 2.45) is 64.9 Å². The van der Waals surface area contributed by atoms with Gasteiger partial charge >= 0.3 is 5.97 Å². The third-order valence-corrected chi connectivity index (χ3v) is 18.4. The molecule has 0 bridgehead atoms. The fraction of sp³-hybridized carbons (Fsp3) is 0.697. The van der Waals surface area contributed by atoms with Crippen molar-refractivity contribution in [1.29, 1.82) is 0 Å². The van der Waals surface area contributed by atoms with Crippen LogP contribution in [0, 0.1) is 59.2 Å². The van der Waals surface area contributed by atoms with Crippen LogP contribution >= 0.6 is 0 Å². The van der Waals surface area contributed by atoms with E-state index in [1.165, 1.54) is 13.8 Å². The smallest absolute Gasteiger partial charge is 0.329 e. The second kappa shape index (κ2) is 36.7. The molecule has 1 heterocycles. The van der Waals surface area contributed by atoms with Gasteiger partial charge in [0.05, 0.1) is 43.2 Å². The maximum atomic E-state index is 14.5. The van der Waals surface area contributed by atoms with Crippen LogP contribution in [0.15, 0.2) is 42.6 Å². The average molecular weight is 1250 g/mol. The molecule has 1 aliphatic carbocycles. The van der Waals surface area contributed by atoms with E-state index in [2.05, 4.69) is 43.8 Å². The Morgan fingerprint density at radius 3 is 1.79 bits per heavy atom. The van der Waals surface area contributed by atoms with E-state index < -0.39 is 193 Å². The van der Waals surface area contributed by atoms with Gasteiger partial charge in [-0.05, 0) is 81.1 Å². The van der Waals surface area contributed by atoms with E-state index in [4.69, 9.17) is 10.5 Å². The number of cyclic esters (lactones) is 1. The van der Waals surface area contributed by atoms with Crippen molar-refractivity contribution in [3.05, 3.63) is 48.2 Å². The predicted molar refractivity (Wildman–Crippen MR) is 334 cm³/mol. The summed E-state index contributed by atoms with van der Waals surface area (Å²) < 4.78 is 5.85. The minimum absolute atomic E-state index is 0.281. The number of hydrogen-bond acceptors (Lipinski definition) is 16. The Balaban J connectivity index is 1.85. The summed E-state index contributed by atoms with van der Waals surface area (Å²) in [4.78, 5) is 168. The lowest BCUT2D eigenvalue weighted by Gasteiger charge is -2.30. The van der Waals surface area contributed by atoms with Gasteiger partial charge in [-0.3, -0.25) is 52.7 Å². The summed E-state index contributed by atoms with van der Waals surface area (Å²) in [7, 11) is 0. The van der Waals surface area contributed by atoms with E-state index >= 15 is 0 Å². The molecule has 2 aliphatic rings.